The Bertz CT molecular complexity index is 473. The third kappa shape index (κ3) is 4.73. The van der Waals surface area contributed by atoms with E-state index in [-0.39, 0.29) is 36.2 Å². The van der Waals surface area contributed by atoms with Crippen LogP contribution in [0.15, 0.2) is 18.2 Å². The Kier molecular flexibility index (Phi) is 5.38. The number of hydrogen-bond donors (Lipinski definition) is 2. The number of halogens is 3. The highest BCUT2D eigenvalue weighted by Crippen LogP contribution is 2.34. The predicted molar refractivity (Wildman–Crippen MR) is 68.1 cm³/mol. The fraction of sp³-hybridized carbons (Fsp3) is 0.462. The van der Waals surface area contributed by atoms with E-state index in [9.17, 15) is 18.0 Å². The molecule has 1 unspecified atom stereocenters. The molecule has 0 bridgehead atoms. The van der Waals surface area contributed by atoms with E-state index < -0.39 is 11.7 Å². The van der Waals surface area contributed by atoms with Gasteiger partial charge in [0.1, 0.15) is 5.75 Å². The number of rotatable bonds is 5. The minimum atomic E-state index is -4.50. The first-order valence-corrected chi connectivity index (χ1v) is 6.00. The van der Waals surface area contributed by atoms with Crippen LogP contribution in [0.3, 0.4) is 0 Å². The summed E-state index contributed by atoms with van der Waals surface area (Å²) >= 11 is 0. The van der Waals surface area contributed by atoms with Gasteiger partial charge in [-0.3, -0.25) is 4.79 Å². The Balaban J connectivity index is 2.87. The van der Waals surface area contributed by atoms with Crippen molar-refractivity contribution in [1.82, 2.24) is 5.32 Å². The monoisotopic (exact) mass is 290 g/mol. The third-order valence-corrected chi connectivity index (χ3v) is 2.61. The molecule has 1 rings (SSSR count). The molecule has 0 heterocycles. The van der Waals surface area contributed by atoms with Gasteiger partial charge in [0.25, 0.3) is 0 Å². The topological polar surface area (TPSA) is 64.3 Å². The molecule has 0 aliphatic carbocycles. The molecule has 4 nitrogen and oxygen atoms in total. The first kappa shape index (κ1) is 16.3. The van der Waals surface area contributed by atoms with Crippen LogP contribution in [0.2, 0.25) is 0 Å². The number of ether oxygens (including phenoxy) is 1. The van der Waals surface area contributed by atoms with Gasteiger partial charge in [0.15, 0.2) is 0 Å². The van der Waals surface area contributed by atoms with Crippen LogP contribution < -0.4 is 15.8 Å². The zero-order valence-corrected chi connectivity index (χ0v) is 11.3. The van der Waals surface area contributed by atoms with Gasteiger partial charge in [0.2, 0.25) is 5.91 Å². The third-order valence-electron chi connectivity index (χ3n) is 2.61. The Morgan fingerprint density at radius 1 is 1.45 bits per heavy atom. The van der Waals surface area contributed by atoms with E-state index in [0.29, 0.717) is 0 Å². The van der Waals surface area contributed by atoms with Crippen LogP contribution in [-0.4, -0.2) is 19.1 Å². The number of nitrogens with two attached hydrogens (primary N) is 1. The number of alkyl halides is 3. The van der Waals surface area contributed by atoms with Crippen LogP contribution >= 0.6 is 0 Å². The molecule has 0 aromatic heterocycles. The highest BCUT2D eigenvalue weighted by atomic mass is 19.4. The van der Waals surface area contributed by atoms with Crippen molar-refractivity contribution in [2.75, 3.05) is 7.11 Å². The molecule has 7 heteroatoms. The Morgan fingerprint density at radius 3 is 2.60 bits per heavy atom. The largest absolute Gasteiger partial charge is 0.497 e. The lowest BCUT2D eigenvalue weighted by Crippen LogP contribution is -2.30. The molecule has 20 heavy (non-hydrogen) atoms. The van der Waals surface area contributed by atoms with Crippen molar-refractivity contribution in [2.24, 2.45) is 5.73 Å². The summed E-state index contributed by atoms with van der Waals surface area (Å²) in [7, 11) is 1.29. The minimum Gasteiger partial charge on any atom is -0.497 e. The predicted octanol–water partition coefficient (Wildman–Crippen LogP) is 2.07. The molecular weight excluding hydrogens is 273 g/mol. The quantitative estimate of drug-likeness (QED) is 0.872. The van der Waals surface area contributed by atoms with E-state index in [0.717, 1.165) is 6.07 Å². The highest BCUT2D eigenvalue weighted by molar-refractivity contribution is 5.76. The van der Waals surface area contributed by atoms with Crippen molar-refractivity contribution in [3.8, 4) is 5.75 Å². The molecule has 1 amide bonds. The normalized spacial score (nSPS) is 12.9. The first-order chi connectivity index (χ1) is 9.24. The Hall–Kier alpha value is -1.76. The molecular formula is C13H17F3N2O2. The molecule has 112 valence electrons. The molecule has 0 aliphatic heterocycles. The van der Waals surface area contributed by atoms with Gasteiger partial charge in [-0.05, 0) is 24.6 Å². The minimum absolute atomic E-state index is 0.0173. The summed E-state index contributed by atoms with van der Waals surface area (Å²) in [4.78, 5) is 11.4. The number of carbonyl (C=O) groups is 1. The van der Waals surface area contributed by atoms with Crippen molar-refractivity contribution in [3.63, 3.8) is 0 Å². The summed E-state index contributed by atoms with van der Waals surface area (Å²) in [5.41, 5.74) is 4.60. The van der Waals surface area contributed by atoms with Gasteiger partial charge in [0.05, 0.1) is 12.7 Å². The fourth-order valence-electron chi connectivity index (χ4n) is 1.66. The van der Waals surface area contributed by atoms with E-state index in [1.165, 1.54) is 19.2 Å². The average molecular weight is 290 g/mol. The maximum atomic E-state index is 12.9. The Labute approximate surface area is 115 Å². The Morgan fingerprint density at radius 2 is 2.10 bits per heavy atom. The lowest BCUT2D eigenvalue weighted by Gasteiger charge is -2.15. The van der Waals surface area contributed by atoms with E-state index in [2.05, 4.69) is 5.32 Å². The average Bonchev–Trinajstić information content (AvgIpc) is 2.34. The van der Waals surface area contributed by atoms with Crippen LogP contribution in [0, 0.1) is 0 Å². The second-order valence-corrected chi connectivity index (χ2v) is 4.48. The number of hydrogen-bond acceptors (Lipinski definition) is 3. The molecule has 0 radical (unpaired) electrons. The molecule has 0 saturated heterocycles. The maximum absolute atomic E-state index is 12.9. The van der Waals surface area contributed by atoms with E-state index >= 15 is 0 Å². The van der Waals surface area contributed by atoms with Crippen molar-refractivity contribution in [1.29, 1.82) is 0 Å². The number of carbonyl (C=O) groups excluding carboxylic acids is 1. The van der Waals surface area contributed by atoms with Gasteiger partial charge in [-0.2, -0.15) is 13.2 Å². The number of amides is 1. The van der Waals surface area contributed by atoms with E-state index in [1.54, 1.807) is 6.92 Å². The van der Waals surface area contributed by atoms with Crippen LogP contribution in [0.5, 0.6) is 5.75 Å². The summed E-state index contributed by atoms with van der Waals surface area (Å²) in [6.07, 6.45) is -4.44. The summed E-state index contributed by atoms with van der Waals surface area (Å²) in [5, 5.41) is 2.42. The standard InChI is InChI=1S/C13H17F3N2O2/c1-8(17)5-12(19)18-7-9-3-4-10(20-2)6-11(9)13(14,15)16/h3-4,6,8H,5,7,17H2,1-2H3,(H,18,19). The number of benzene rings is 1. The lowest BCUT2D eigenvalue weighted by molar-refractivity contribution is -0.138. The van der Waals surface area contributed by atoms with Gasteiger partial charge in [-0.15, -0.1) is 0 Å². The maximum Gasteiger partial charge on any atom is 0.416 e. The van der Waals surface area contributed by atoms with Crippen molar-refractivity contribution in [2.45, 2.75) is 32.1 Å². The second kappa shape index (κ2) is 6.60. The molecule has 0 fully saturated rings. The van der Waals surface area contributed by atoms with E-state index in [1.807, 2.05) is 0 Å². The zero-order valence-electron chi connectivity index (χ0n) is 11.3. The van der Waals surface area contributed by atoms with Crippen molar-refractivity contribution >= 4 is 5.91 Å². The molecule has 3 N–H and O–H groups in total. The molecule has 0 spiro atoms. The fourth-order valence-corrected chi connectivity index (χ4v) is 1.66. The first-order valence-electron chi connectivity index (χ1n) is 6.00. The zero-order chi connectivity index (χ0) is 15.3. The van der Waals surface area contributed by atoms with E-state index in [4.69, 9.17) is 10.5 Å². The van der Waals surface area contributed by atoms with Crippen LogP contribution in [0.1, 0.15) is 24.5 Å². The molecule has 1 atom stereocenters. The molecule has 0 saturated carbocycles. The van der Waals surface area contributed by atoms with Crippen molar-refractivity contribution < 1.29 is 22.7 Å². The van der Waals surface area contributed by atoms with Crippen LogP contribution in [0.4, 0.5) is 13.2 Å². The molecule has 1 aromatic carbocycles. The molecule has 0 aliphatic rings. The van der Waals surface area contributed by atoms with Crippen molar-refractivity contribution in [3.05, 3.63) is 29.3 Å². The van der Waals surface area contributed by atoms with Gasteiger partial charge >= 0.3 is 6.18 Å². The SMILES string of the molecule is COc1ccc(CNC(=O)CC(C)N)c(C(F)(F)F)c1. The van der Waals surface area contributed by atoms with Crippen LogP contribution in [0.25, 0.3) is 0 Å². The summed E-state index contributed by atoms with van der Waals surface area (Å²) in [6, 6.07) is 3.27. The molecule has 1 aromatic rings. The number of nitrogens with one attached hydrogen (secondary N) is 1. The summed E-state index contributed by atoms with van der Waals surface area (Å²) in [5.74, 6) is -0.271. The highest BCUT2D eigenvalue weighted by Gasteiger charge is 2.33. The second-order valence-electron chi connectivity index (χ2n) is 4.48. The smallest absolute Gasteiger partial charge is 0.416 e. The van der Waals surface area contributed by atoms with Gasteiger partial charge in [-0.25, -0.2) is 0 Å². The van der Waals surface area contributed by atoms with Gasteiger partial charge < -0.3 is 15.8 Å². The summed E-state index contributed by atoms with van der Waals surface area (Å²) < 4.78 is 43.5. The van der Waals surface area contributed by atoms with Gasteiger partial charge in [-0.1, -0.05) is 6.07 Å². The lowest BCUT2D eigenvalue weighted by atomic mass is 10.1. The number of methoxy groups -OCH3 is 1. The van der Waals surface area contributed by atoms with Crippen LogP contribution in [-0.2, 0) is 17.5 Å². The summed E-state index contributed by atoms with van der Waals surface area (Å²) in [6.45, 7) is 1.44. The van der Waals surface area contributed by atoms with Gasteiger partial charge in [0, 0.05) is 19.0 Å².